The van der Waals surface area contributed by atoms with E-state index in [4.69, 9.17) is 5.73 Å². The van der Waals surface area contributed by atoms with Gasteiger partial charge >= 0.3 is 0 Å². The molecule has 0 unspecified atom stereocenters. The average molecular weight is 190 g/mol. The first-order chi connectivity index (χ1) is 4.16. The minimum atomic E-state index is 0.911. The van der Waals surface area contributed by atoms with Gasteiger partial charge in [-0.1, -0.05) is 28.9 Å². The van der Waals surface area contributed by atoms with Crippen molar-refractivity contribution in [2.24, 2.45) is 5.73 Å². The minimum Gasteiger partial charge on any atom is -0.402 e. The average Bonchev–Trinajstić information content (AvgIpc) is 1.83. The highest BCUT2D eigenvalue weighted by Gasteiger charge is 1.79. The number of rotatable bonds is 2. The summed E-state index contributed by atoms with van der Waals surface area (Å²) in [7, 11) is 0. The predicted octanol–water partition coefficient (Wildman–Crippen LogP) is 2.54. The Labute approximate surface area is 64.8 Å². The molecule has 0 aromatic carbocycles. The molecule has 0 atom stereocenters. The summed E-state index contributed by atoms with van der Waals surface area (Å²) in [5.74, 6) is 0. The van der Waals surface area contributed by atoms with Crippen molar-refractivity contribution in [3.63, 3.8) is 0 Å². The zero-order chi connectivity index (χ0) is 7.28. The van der Waals surface area contributed by atoms with E-state index in [2.05, 4.69) is 15.9 Å². The zero-order valence-electron chi connectivity index (χ0n) is 5.82. The Bertz CT molecular complexity index is 132. The van der Waals surface area contributed by atoms with Crippen molar-refractivity contribution in [2.75, 3.05) is 0 Å². The van der Waals surface area contributed by atoms with E-state index in [1.54, 1.807) is 0 Å². The Hall–Kier alpha value is -0.240. The van der Waals surface area contributed by atoms with Crippen LogP contribution < -0.4 is 5.73 Å². The van der Waals surface area contributed by atoms with Gasteiger partial charge in [-0.25, -0.2) is 0 Å². The maximum Gasteiger partial charge on any atom is 0.00779 e. The van der Waals surface area contributed by atoms with Gasteiger partial charge in [0.2, 0.25) is 0 Å². The van der Waals surface area contributed by atoms with Crippen LogP contribution in [0.2, 0.25) is 0 Å². The monoisotopic (exact) mass is 189 g/mol. The molecule has 0 aromatic heterocycles. The number of nitrogens with two attached hydrogens (primary N) is 1. The Morgan fingerprint density at radius 2 is 2.11 bits per heavy atom. The molecule has 0 rings (SSSR count). The summed E-state index contributed by atoms with van der Waals surface area (Å²) in [6, 6.07) is 0. The second-order valence-corrected chi connectivity index (χ2v) is 3.10. The summed E-state index contributed by atoms with van der Waals surface area (Å²) >= 11 is 3.29. The first-order valence-electron chi connectivity index (χ1n) is 2.95. The third kappa shape index (κ3) is 5.63. The molecule has 0 amide bonds. The van der Waals surface area contributed by atoms with E-state index < -0.39 is 0 Å². The molecule has 1 nitrogen and oxygen atoms in total. The van der Waals surface area contributed by atoms with Crippen LogP contribution in [0.15, 0.2) is 22.3 Å². The Morgan fingerprint density at radius 3 is 2.44 bits per heavy atom. The van der Waals surface area contributed by atoms with Crippen molar-refractivity contribution in [1.82, 2.24) is 0 Å². The molecule has 0 aliphatic carbocycles. The van der Waals surface area contributed by atoms with Gasteiger partial charge in [-0.2, -0.15) is 0 Å². The third-order valence-corrected chi connectivity index (χ3v) is 1.20. The molecule has 0 aliphatic rings. The number of hydrogen-bond donors (Lipinski definition) is 1. The molecule has 9 heavy (non-hydrogen) atoms. The summed E-state index contributed by atoms with van der Waals surface area (Å²) in [5, 5.41) is 0. The molecule has 0 saturated carbocycles. The maximum absolute atomic E-state index is 5.52. The van der Waals surface area contributed by atoms with Gasteiger partial charge < -0.3 is 5.73 Å². The highest BCUT2D eigenvalue weighted by atomic mass is 79.9. The molecule has 0 radical (unpaired) electrons. The van der Waals surface area contributed by atoms with Crippen molar-refractivity contribution in [2.45, 2.75) is 20.3 Å². The molecule has 0 aromatic rings. The third-order valence-electron chi connectivity index (χ3n) is 0.935. The Kier molecular flexibility index (Phi) is 4.50. The quantitative estimate of drug-likeness (QED) is 0.665. The van der Waals surface area contributed by atoms with Crippen LogP contribution in [0.3, 0.4) is 0 Å². The van der Waals surface area contributed by atoms with E-state index in [-0.39, 0.29) is 0 Å². The van der Waals surface area contributed by atoms with Crippen LogP contribution in [0.4, 0.5) is 0 Å². The lowest BCUT2D eigenvalue weighted by Crippen LogP contribution is -1.92. The van der Waals surface area contributed by atoms with Gasteiger partial charge in [-0.05, 0) is 23.9 Å². The fourth-order valence-electron chi connectivity index (χ4n) is 0.340. The van der Waals surface area contributed by atoms with Gasteiger partial charge in [0.25, 0.3) is 0 Å². The van der Waals surface area contributed by atoms with Crippen LogP contribution in [0.5, 0.6) is 0 Å². The molecule has 0 heterocycles. The standard InChI is InChI=1S/C7H12BrN/c1-3-7(9)5-4-6(2)8/h4-5H,3,9H2,1-2H3/b6-4+,7-5+. The van der Waals surface area contributed by atoms with E-state index in [9.17, 15) is 0 Å². The highest BCUT2D eigenvalue weighted by Crippen LogP contribution is 2.02. The van der Waals surface area contributed by atoms with Crippen molar-refractivity contribution in [3.8, 4) is 0 Å². The van der Waals surface area contributed by atoms with Gasteiger partial charge in [-0.15, -0.1) is 0 Å². The number of allylic oxidation sites excluding steroid dienone is 4. The number of halogens is 1. The molecule has 0 saturated heterocycles. The van der Waals surface area contributed by atoms with Crippen molar-refractivity contribution in [3.05, 3.63) is 22.3 Å². The lowest BCUT2D eigenvalue weighted by Gasteiger charge is -1.89. The van der Waals surface area contributed by atoms with Crippen molar-refractivity contribution in [1.29, 1.82) is 0 Å². The molecule has 2 heteroatoms. The molecule has 2 N–H and O–H groups in total. The van der Waals surface area contributed by atoms with E-state index in [0.29, 0.717) is 0 Å². The Balaban J connectivity index is 3.83. The van der Waals surface area contributed by atoms with Crippen LogP contribution in [0.25, 0.3) is 0 Å². The lowest BCUT2D eigenvalue weighted by molar-refractivity contribution is 1.07. The summed E-state index contributed by atoms with van der Waals surface area (Å²) in [6.07, 6.45) is 4.76. The predicted molar refractivity (Wildman–Crippen MR) is 45.2 cm³/mol. The van der Waals surface area contributed by atoms with E-state index in [1.165, 1.54) is 0 Å². The fraction of sp³-hybridized carbons (Fsp3) is 0.429. The summed E-state index contributed by atoms with van der Waals surface area (Å²) in [5.41, 5.74) is 6.43. The van der Waals surface area contributed by atoms with E-state index in [1.807, 2.05) is 26.0 Å². The van der Waals surface area contributed by atoms with Crippen LogP contribution in [0, 0.1) is 0 Å². The molecular formula is C7H12BrN. The largest absolute Gasteiger partial charge is 0.402 e. The topological polar surface area (TPSA) is 26.0 Å². The van der Waals surface area contributed by atoms with Crippen molar-refractivity contribution < 1.29 is 0 Å². The molecule has 0 fully saturated rings. The van der Waals surface area contributed by atoms with Gasteiger partial charge in [0, 0.05) is 5.70 Å². The van der Waals surface area contributed by atoms with Crippen molar-refractivity contribution >= 4 is 15.9 Å². The van der Waals surface area contributed by atoms with Crippen LogP contribution in [-0.2, 0) is 0 Å². The molecular weight excluding hydrogens is 178 g/mol. The van der Waals surface area contributed by atoms with Gasteiger partial charge in [-0.3, -0.25) is 0 Å². The molecule has 0 aliphatic heterocycles. The molecule has 0 spiro atoms. The second-order valence-electron chi connectivity index (χ2n) is 1.85. The highest BCUT2D eigenvalue weighted by molar-refractivity contribution is 9.11. The molecule has 0 bridgehead atoms. The van der Waals surface area contributed by atoms with E-state index in [0.717, 1.165) is 16.6 Å². The summed E-state index contributed by atoms with van der Waals surface area (Å²) in [4.78, 5) is 0. The maximum atomic E-state index is 5.52. The minimum absolute atomic E-state index is 0.911. The summed E-state index contributed by atoms with van der Waals surface area (Å²) < 4.78 is 1.10. The van der Waals surface area contributed by atoms with Gasteiger partial charge in [0.05, 0.1) is 0 Å². The Morgan fingerprint density at radius 1 is 1.56 bits per heavy atom. The van der Waals surface area contributed by atoms with Crippen LogP contribution >= 0.6 is 15.9 Å². The normalized spacial score (nSPS) is 14.1. The first-order valence-corrected chi connectivity index (χ1v) is 3.74. The lowest BCUT2D eigenvalue weighted by atomic mass is 10.3. The smallest absolute Gasteiger partial charge is 0.00779 e. The zero-order valence-corrected chi connectivity index (χ0v) is 7.40. The van der Waals surface area contributed by atoms with E-state index >= 15 is 0 Å². The first kappa shape index (κ1) is 8.76. The second kappa shape index (κ2) is 4.62. The molecule has 52 valence electrons. The fourth-order valence-corrected chi connectivity index (χ4v) is 0.472. The van der Waals surface area contributed by atoms with Crippen LogP contribution in [-0.4, -0.2) is 0 Å². The van der Waals surface area contributed by atoms with Gasteiger partial charge in [0.15, 0.2) is 0 Å². The summed E-state index contributed by atoms with van der Waals surface area (Å²) in [6.45, 7) is 4.00. The number of hydrogen-bond acceptors (Lipinski definition) is 1. The van der Waals surface area contributed by atoms with Gasteiger partial charge in [0.1, 0.15) is 0 Å². The SMILES string of the molecule is CC/C(N)=C\C=C(/C)Br. The van der Waals surface area contributed by atoms with Crippen LogP contribution in [0.1, 0.15) is 20.3 Å².